The van der Waals surface area contributed by atoms with Gasteiger partial charge in [-0.3, -0.25) is 19.3 Å². The van der Waals surface area contributed by atoms with Crippen LogP contribution >= 0.6 is 0 Å². The molecule has 16 nitrogen and oxygen atoms in total. The molecule has 1 aromatic heterocycles. The first-order valence-corrected chi connectivity index (χ1v) is 26.7. The molecule has 4 aliphatic heterocycles. The summed E-state index contributed by atoms with van der Waals surface area (Å²) >= 11 is 0. The number of nitrogens with one attached hydrogen (secondary N) is 1. The van der Waals surface area contributed by atoms with E-state index in [0.29, 0.717) is 45.9 Å². The Morgan fingerprint density at radius 2 is 1.48 bits per heavy atom. The number of benzene rings is 7. The summed E-state index contributed by atoms with van der Waals surface area (Å²) < 4.78 is 26.0. The van der Waals surface area contributed by atoms with Crippen molar-refractivity contribution >= 4 is 40.5 Å². The van der Waals surface area contributed by atoms with Crippen molar-refractivity contribution < 1.29 is 43.2 Å². The minimum atomic E-state index is -2.07. The van der Waals surface area contributed by atoms with Crippen LogP contribution in [-0.4, -0.2) is 93.7 Å². The van der Waals surface area contributed by atoms with Gasteiger partial charge >= 0.3 is 12.0 Å². The van der Waals surface area contributed by atoms with Crippen molar-refractivity contribution in [2.45, 2.75) is 62.1 Å². The molecule has 2 N–H and O–H groups in total. The zero-order valence-corrected chi connectivity index (χ0v) is 44.3. The number of carbonyl (C=O) groups excluding carboxylic acids is 4. The average Bonchev–Trinajstić information content (AvgIpc) is 2.45. The van der Waals surface area contributed by atoms with E-state index in [4.69, 9.17) is 18.9 Å². The van der Waals surface area contributed by atoms with Crippen LogP contribution < -0.4 is 24.4 Å². The first kappa shape index (κ1) is 51.5. The van der Waals surface area contributed by atoms with Crippen LogP contribution in [0, 0.1) is 17.8 Å². The van der Waals surface area contributed by atoms with Crippen LogP contribution in [0.4, 0.5) is 10.5 Å². The number of urea groups is 1. The third-order valence-corrected chi connectivity index (χ3v) is 16.0. The van der Waals surface area contributed by atoms with Gasteiger partial charge in [0.25, 0.3) is 0 Å². The first-order valence-electron chi connectivity index (χ1n) is 26.7. The summed E-state index contributed by atoms with van der Waals surface area (Å²) in [6, 6.07) is 47.6. The van der Waals surface area contributed by atoms with E-state index < -0.39 is 65.4 Å². The molecular formula is C64H57N7O9. The smallest absolute Gasteiger partial charge is 0.329 e. The van der Waals surface area contributed by atoms with Crippen molar-refractivity contribution in [2.75, 3.05) is 38.9 Å². The number of amides is 4. The first-order chi connectivity index (χ1) is 39.1. The number of esters is 1. The normalized spacial score (nSPS) is 21.4. The summed E-state index contributed by atoms with van der Waals surface area (Å²) in [4.78, 5) is 70.2. The third kappa shape index (κ3) is 8.84. The third-order valence-electron chi connectivity index (χ3n) is 16.0. The van der Waals surface area contributed by atoms with Gasteiger partial charge in [-0.05, 0) is 107 Å². The van der Waals surface area contributed by atoms with Crippen LogP contribution in [0.15, 0.2) is 170 Å². The lowest BCUT2D eigenvalue weighted by molar-refractivity contribution is -0.179. The summed E-state index contributed by atoms with van der Waals surface area (Å²) in [7, 11) is 3.13. The van der Waals surface area contributed by atoms with Crippen LogP contribution in [-0.2, 0) is 44.0 Å². The molecule has 402 valence electrons. The molecule has 1 spiro atoms. The number of anilines is 1. The number of morpholine rings is 1. The number of nitrogens with zero attached hydrogens (tertiary/aromatic N) is 6. The summed E-state index contributed by atoms with van der Waals surface area (Å²) in [5.74, 6) is 4.54. The number of methoxy groups -OCH3 is 2. The van der Waals surface area contributed by atoms with Gasteiger partial charge in [0.2, 0.25) is 11.8 Å². The van der Waals surface area contributed by atoms with Crippen LogP contribution in [0.5, 0.6) is 17.2 Å². The van der Waals surface area contributed by atoms with Crippen LogP contribution in [0.2, 0.25) is 0 Å². The number of aliphatic hydroxyl groups excluding tert-OH is 1. The number of hydrogen-bond donors (Lipinski definition) is 2. The van der Waals surface area contributed by atoms with E-state index in [1.54, 1.807) is 60.2 Å². The monoisotopic (exact) mass is 1070 g/mol. The lowest BCUT2D eigenvalue weighted by atomic mass is 9.64. The molecule has 2 fully saturated rings. The Bertz CT molecular complexity index is 3730. The number of carbonyl (C=O) groups is 4. The van der Waals surface area contributed by atoms with E-state index in [1.807, 2.05) is 145 Å². The summed E-state index contributed by atoms with van der Waals surface area (Å²) in [5, 5.41) is 21.8. The Kier molecular flexibility index (Phi) is 13.8. The zero-order chi connectivity index (χ0) is 55.1. The molecule has 0 radical (unpaired) electrons. The minimum absolute atomic E-state index is 0.0312. The second-order valence-electron chi connectivity index (χ2n) is 20.4. The maximum Gasteiger partial charge on any atom is 0.329 e. The molecule has 12 rings (SSSR count). The van der Waals surface area contributed by atoms with Gasteiger partial charge in [-0.1, -0.05) is 132 Å². The van der Waals surface area contributed by atoms with Gasteiger partial charge in [-0.2, -0.15) is 0 Å². The van der Waals surface area contributed by atoms with Crippen molar-refractivity contribution in [1.29, 1.82) is 0 Å². The van der Waals surface area contributed by atoms with Gasteiger partial charge in [0.1, 0.15) is 42.0 Å². The van der Waals surface area contributed by atoms with Crippen LogP contribution in [0.1, 0.15) is 75.7 Å². The van der Waals surface area contributed by atoms with Crippen molar-refractivity contribution in [3.63, 3.8) is 0 Å². The summed E-state index contributed by atoms with van der Waals surface area (Å²) in [6.07, 6.45) is -0.519. The van der Waals surface area contributed by atoms with Gasteiger partial charge in [0, 0.05) is 18.7 Å². The van der Waals surface area contributed by atoms with Gasteiger partial charge in [-0.25, -0.2) is 14.4 Å². The Labute approximate surface area is 462 Å². The molecule has 4 aliphatic rings. The molecule has 0 saturated carbocycles. The Hall–Kier alpha value is -9.30. The molecule has 0 aliphatic carbocycles. The van der Waals surface area contributed by atoms with Crippen LogP contribution in [0.3, 0.4) is 0 Å². The highest BCUT2D eigenvalue weighted by atomic mass is 16.6. The average molecular weight is 1070 g/mol. The van der Waals surface area contributed by atoms with E-state index in [1.165, 1.54) is 0 Å². The number of cyclic esters (lactones) is 1. The highest BCUT2D eigenvalue weighted by Gasteiger charge is 2.76. The highest BCUT2D eigenvalue weighted by Crippen LogP contribution is 2.66. The van der Waals surface area contributed by atoms with Gasteiger partial charge in [0.05, 0.1) is 56.1 Å². The maximum absolute atomic E-state index is 17.2. The number of imide groups is 1. The van der Waals surface area contributed by atoms with Crippen molar-refractivity contribution in [3.05, 3.63) is 214 Å². The molecule has 5 heterocycles. The predicted octanol–water partition coefficient (Wildman–Crippen LogP) is 8.59. The van der Waals surface area contributed by atoms with Crippen molar-refractivity contribution in [1.82, 2.24) is 30.1 Å². The van der Waals surface area contributed by atoms with E-state index in [9.17, 15) is 5.11 Å². The van der Waals surface area contributed by atoms with E-state index in [2.05, 4.69) is 27.5 Å². The van der Waals surface area contributed by atoms with Gasteiger partial charge < -0.3 is 34.3 Å². The molecule has 0 bridgehead atoms. The molecule has 2 saturated heterocycles. The Balaban J connectivity index is 1.12. The fraction of sp³-hybridized carbons (Fsp3) is 0.250. The lowest BCUT2D eigenvalue weighted by Gasteiger charge is -2.46. The van der Waals surface area contributed by atoms with E-state index in [0.717, 1.165) is 38.2 Å². The number of hydrogen-bond acceptors (Lipinski definition) is 12. The zero-order valence-electron chi connectivity index (χ0n) is 44.3. The molecule has 4 amide bonds. The fourth-order valence-corrected chi connectivity index (χ4v) is 12.5. The number of aromatic nitrogens is 3. The molecule has 0 unspecified atom stereocenters. The molecule has 80 heavy (non-hydrogen) atoms. The molecule has 16 heteroatoms. The predicted molar refractivity (Wildman–Crippen MR) is 297 cm³/mol. The van der Waals surface area contributed by atoms with Crippen molar-refractivity contribution in [2.24, 2.45) is 5.92 Å². The molecule has 8 aromatic rings. The second-order valence-corrected chi connectivity index (χ2v) is 20.4. The molecule has 7 aromatic carbocycles. The topological polar surface area (TPSA) is 178 Å². The number of aliphatic hydroxyl groups is 1. The molecular weight excluding hydrogens is 1010 g/mol. The number of fused-ring (bicyclic) bond motifs is 5. The highest BCUT2D eigenvalue weighted by molar-refractivity contribution is 6.24. The standard InChI is InChI=1S/C64H57N7O9/c1-40(42-18-7-4-8-19-42)65-63(76)70-51-29-28-41(17-16-31-69-52-27-14-13-26-50(52)66-67-69)35-49(51)64(62(70)75)55(60(73)68-32-30-45-37-53(77-2)54(78-3)38-47(45)39-68)57-61(74)80-58(44-22-11-6-12-23-44)56(43-20-9-5-10-21-43)71(57)59(64)46-24-15-25-48(36-46)79-34-33-72/h4-15,18-29,35-38,40,55-59,72H,30-34,39H2,1-3H3,(H,65,76)/t40-,55-,56-,57-,58+,59+,64-/m1/s1. The van der Waals surface area contributed by atoms with Crippen LogP contribution in [0.25, 0.3) is 11.0 Å². The minimum Gasteiger partial charge on any atom is -0.493 e. The Morgan fingerprint density at radius 1 is 0.787 bits per heavy atom. The number of ether oxygens (including phenoxy) is 4. The summed E-state index contributed by atoms with van der Waals surface area (Å²) in [5.41, 5.74) is 5.00. The van der Waals surface area contributed by atoms with E-state index >= 15 is 19.2 Å². The second kappa shape index (κ2) is 21.5. The van der Waals surface area contributed by atoms with Gasteiger partial charge in [0.15, 0.2) is 11.5 Å². The Morgan fingerprint density at radius 3 is 2.21 bits per heavy atom. The van der Waals surface area contributed by atoms with Crippen molar-refractivity contribution in [3.8, 4) is 29.1 Å². The van der Waals surface area contributed by atoms with E-state index in [-0.39, 0.29) is 38.5 Å². The fourth-order valence-electron chi connectivity index (χ4n) is 12.5. The quantitative estimate of drug-likeness (QED) is 0.0881. The van der Waals surface area contributed by atoms with Gasteiger partial charge in [-0.15, -0.1) is 5.10 Å². The number of rotatable bonds is 12. The lowest BCUT2D eigenvalue weighted by Crippen LogP contribution is -2.57. The molecule has 7 atom stereocenters. The number of para-hydroxylation sites is 1. The summed E-state index contributed by atoms with van der Waals surface area (Å²) in [6.45, 7) is 2.04. The largest absolute Gasteiger partial charge is 0.493 e. The maximum atomic E-state index is 17.2. The SMILES string of the molecule is COc1cc2c(cc1OC)CN(C(=O)[C@H]1[C@@H]3C(=O)O[C@@H](c4ccccc4)[C@@H](c4ccccc4)N3[C@@H](c3cccc(OCCO)c3)[C@]13C(=O)N(C(=O)N[C@H](C)c1ccccc1)c1ccc(C#CCn4nnc5ccccc54)cc13)CC2.